The molecule has 140 valence electrons. The van der Waals surface area contributed by atoms with Crippen LogP contribution in [0.3, 0.4) is 0 Å². The molecule has 5 nitrogen and oxygen atoms in total. The lowest BCUT2D eigenvalue weighted by atomic mass is 9.75. The van der Waals surface area contributed by atoms with E-state index in [9.17, 15) is 9.59 Å². The molecule has 1 saturated heterocycles. The van der Waals surface area contributed by atoms with Gasteiger partial charge in [0.1, 0.15) is 12.4 Å². The Labute approximate surface area is 150 Å². The van der Waals surface area contributed by atoms with E-state index in [0.717, 1.165) is 30.4 Å². The van der Waals surface area contributed by atoms with E-state index in [2.05, 4.69) is 13.8 Å². The van der Waals surface area contributed by atoms with E-state index in [1.54, 1.807) is 0 Å². The van der Waals surface area contributed by atoms with Crippen molar-refractivity contribution >= 4 is 11.6 Å². The van der Waals surface area contributed by atoms with Crippen molar-refractivity contribution in [2.45, 2.75) is 65.1 Å². The zero-order valence-electron chi connectivity index (χ0n) is 15.7. The Morgan fingerprint density at radius 2 is 1.76 bits per heavy atom. The molecule has 0 bridgehead atoms. The highest BCUT2D eigenvalue weighted by Gasteiger charge is 2.43. The van der Waals surface area contributed by atoms with Gasteiger partial charge in [-0.2, -0.15) is 0 Å². The molecule has 1 aliphatic carbocycles. The molecule has 0 aromatic carbocycles. The van der Waals surface area contributed by atoms with Gasteiger partial charge in [-0.15, -0.1) is 0 Å². The lowest BCUT2D eigenvalue weighted by Crippen LogP contribution is -2.30. The van der Waals surface area contributed by atoms with Crippen LogP contribution in [-0.4, -0.2) is 43.8 Å². The van der Waals surface area contributed by atoms with Crippen LogP contribution in [0.25, 0.3) is 0 Å². The first-order valence-corrected chi connectivity index (χ1v) is 9.47. The summed E-state index contributed by atoms with van der Waals surface area (Å²) in [6.07, 6.45) is 4.53. The second-order valence-electron chi connectivity index (χ2n) is 8.11. The monoisotopic (exact) mass is 350 g/mol. The zero-order chi connectivity index (χ0) is 18.1. The number of hydrogen-bond acceptors (Lipinski definition) is 5. The van der Waals surface area contributed by atoms with Crippen LogP contribution >= 0.6 is 0 Å². The van der Waals surface area contributed by atoms with Gasteiger partial charge in [0.25, 0.3) is 0 Å². The van der Waals surface area contributed by atoms with Gasteiger partial charge >= 0.3 is 0 Å². The third kappa shape index (κ3) is 3.88. The first-order chi connectivity index (χ1) is 11.8. The Balaban J connectivity index is 1.69. The van der Waals surface area contributed by atoms with Crippen LogP contribution in [0.1, 0.15) is 59.3 Å². The fraction of sp³-hybridized carbons (Fsp3) is 0.800. The van der Waals surface area contributed by atoms with E-state index in [4.69, 9.17) is 14.2 Å². The molecule has 1 saturated carbocycles. The van der Waals surface area contributed by atoms with Crippen molar-refractivity contribution in [1.29, 1.82) is 0 Å². The lowest BCUT2D eigenvalue weighted by molar-refractivity contribution is -0.146. The lowest BCUT2D eigenvalue weighted by Gasteiger charge is -2.30. The quantitative estimate of drug-likeness (QED) is 0.736. The number of ether oxygens (including phenoxy) is 3. The van der Waals surface area contributed by atoms with Crippen LogP contribution in [-0.2, 0) is 23.8 Å². The molecule has 2 aliphatic heterocycles. The van der Waals surface area contributed by atoms with Crippen LogP contribution in [0.4, 0.5) is 0 Å². The van der Waals surface area contributed by atoms with Gasteiger partial charge < -0.3 is 14.2 Å². The number of Topliss-reactive ketones (excluding diaryl/α,β-unsaturated/α-hetero) is 2. The molecule has 3 aliphatic rings. The second-order valence-corrected chi connectivity index (χ2v) is 8.11. The van der Waals surface area contributed by atoms with Gasteiger partial charge in [-0.1, -0.05) is 13.8 Å². The molecule has 2 heterocycles. The Morgan fingerprint density at radius 1 is 1.04 bits per heavy atom. The van der Waals surface area contributed by atoms with Crippen molar-refractivity contribution in [3.05, 3.63) is 11.1 Å². The molecule has 0 spiro atoms. The summed E-state index contributed by atoms with van der Waals surface area (Å²) in [6, 6.07) is 0. The molecule has 2 fully saturated rings. The highest BCUT2D eigenvalue weighted by molar-refractivity contribution is 5.97. The number of ketones is 2. The molecule has 0 N–H and O–H groups in total. The smallest absolute Gasteiger partial charge is 0.184 e. The predicted octanol–water partition coefficient (Wildman–Crippen LogP) is 3.21. The summed E-state index contributed by atoms with van der Waals surface area (Å²) in [5.41, 5.74) is 1.67. The Morgan fingerprint density at radius 3 is 2.40 bits per heavy atom. The third-order valence-corrected chi connectivity index (χ3v) is 6.48. The fourth-order valence-electron chi connectivity index (χ4n) is 4.25. The van der Waals surface area contributed by atoms with Gasteiger partial charge in [-0.05, 0) is 49.7 Å². The van der Waals surface area contributed by atoms with E-state index < -0.39 is 5.79 Å². The molecular formula is C20H30O5. The van der Waals surface area contributed by atoms with Crippen LogP contribution in [0.2, 0.25) is 0 Å². The molecule has 2 atom stereocenters. The van der Waals surface area contributed by atoms with Gasteiger partial charge in [-0.3, -0.25) is 9.59 Å². The SMILES string of the molecule is C[C@@H]1CCC(=O)C1(C)CCC1=C(CCC2(C)OCCO2)C(=O)COC1. The highest BCUT2D eigenvalue weighted by Crippen LogP contribution is 2.44. The van der Waals surface area contributed by atoms with Crippen molar-refractivity contribution in [3.63, 3.8) is 0 Å². The van der Waals surface area contributed by atoms with Gasteiger partial charge in [0, 0.05) is 18.3 Å². The molecule has 1 unspecified atom stereocenters. The van der Waals surface area contributed by atoms with Crippen molar-refractivity contribution in [3.8, 4) is 0 Å². The van der Waals surface area contributed by atoms with Crippen LogP contribution in [0.5, 0.6) is 0 Å². The third-order valence-electron chi connectivity index (χ3n) is 6.48. The number of carbonyl (C=O) groups excluding carboxylic acids is 2. The summed E-state index contributed by atoms with van der Waals surface area (Å²) in [4.78, 5) is 24.7. The maximum absolute atomic E-state index is 12.4. The van der Waals surface area contributed by atoms with Crippen LogP contribution in [0, 0.1) is 11.3 Å². The molecule has 0 aromatic heterocycles. The summed E-state index contributed by atoms with van der Waals surface area (Å²) in [7, 11) is 0. The topological polar surface area (TPSA) is 61.8 Å². The predicted molar refractivity (Wildman–Crippen MR) is 93.1 cm³/mol. The molecule has 5 heteroatoms. The molecule has 0 aromatic rings. The maximum atomic E-state index is 12.4. The minimum atomic E-state index is -0.585. The summed E-state index contributed by atoms with van der Waals surface area (Å²) in [5, 5.41) is 0. The number of rotatable bonds is 6. The first kappa shape index (κ1) is 18.7. The maximum Gasteiger partial charge on any atom is 0.184 e. The van der Waals surface area contributed by atoms with E-state index in [-0.39, 0.29) is 17.8 Å². The largest absolute Gasteiger partial charge is 0.369 e. The Kier molecular flexibility index (Phi) is 5.47. The average molecular weight is 350 g/mol. The van der Waals surface area contributed by atoms with Gasteiger partial charge in [0.05, 0.1) is 19.8 Å². The molecule has 25 heavy (non-hydrogen) atoms. The standard InChI is InChI=1S/C20H30O5/c1-14-4-5-18(22)19(14,2)8-6-15-12-23-13-17(21)16(15)7-9-20(3)24-10-11-25-20/h14H,4-13H2,1-3H3/t14-,19?/m1/s1. The van der Waals surface area contributed by atoms with Crippen molar-refractivity contribution in [2.75, 3.05) is 26.4 Å². The van der Waals surface area contributed by atoms with Crippen molar-refractivity contribution in [1.82, 2.24) is 0 Å². The minimum Gasteiger partial charge on any atom is -0.369 e. The number of carbonyl (C=O) groups is 2. The highest BCUT2D eigenvalue weighted by atomic mass is 16.7. The summed E-state index contributed by atoms with van der Waals surface area (Å²) >= 11 is 0. The number of hydrogen-bond donors (Lipinski definition) is 0. The molecule has 0 radical (unpaired) electrons. The van der Waals surface area contributed by atoms with Gasteiger partial charge in [-0.25, -0.2) is 0 Å². The molecule has 3 rings (SSSR count). The summed E-state index contributed by atoms with van der Waals surface area (Å²) < 4.78 is 16.8. The van der Waals surface area contributed by atoms with Crippen LogP contribution < -0.4 is 0 Å². The van der Waals surface area contributed by atoms with Crippen molar-refractivity contribution < 1.29 is 23.8 Å². The summed E-state index contributed by atoms with van der Waals surface area (Å²) in [5.74, 6) is 0.256. The van der Waals surface area contributed by atoms with Gasteiger partial charge in [0.2, 0.25) is 0 Å². The fourth-order valence-corrected chi connectivity index (χ4v) is 4.25. The van der Waals surface area contributed by atoms with E-state index in [1.165, 1.54) is 0 Å². The van der Waals surface area contributed by atoms with E-state index in [1.807, 2.05) is 6.92 Å². The average Bonchev–Trinajstić information content (AvgIpc) is 3.12. The molecular weight excluding hydrogens is 320 g/mol. The normalized spacial score (nSPS) is 32.7. The molecule has 0 amide bonds. The second kappa shape index (κ2) is 7.29. The Hall–Kier alpha value is -1.04. The first-order valence-electron chi connectivity index (χ1n) is 9.47. The van der Waals surface area contributed by atoms with E-state index >= 15 is 0 Å². The minimum absolute atomic E-state index is 0.0683. The zero-order valence-corrected chi connectivity index (χ0v) is 15.7. The van der Waals surface area contributed by atoms with Crippen molar-refractivity contribution in [2.24, 2.45) is 11.3 Å². The van der Waals surface area contributed by atoms with Gasteiger partial charge in [0.15, 0.2) is 11.6 Å². The van der Waals surface area contributed by atoms with E-state index in [0.29, 0.717) is 50.8 Å². The Bertz CT molecular complexity index is 573. The van der Waals surface area contributed by atoms with Crippen LogP contribution in [0.15, 0.2) is 11.1 Å². The summed E-state index contributed by atoms with van der Waals surface area (Å²) in [6.45, 7) is 8.06.